The molecular weight excluding hydrogens is 344 g/mol. The van der Waals surface area contributed by atoms with Crippen LogP contribution in [0.3, 0.4) is 0 Å². The van der Waals surface area contributed by atoms with E-state index in [2.05, 4.69) is 25.9 Å². The van der Waals surface area contributed by atoms with E-state index in [9.17, 15) is 10.1 Å². The van der Waals surface area contributed by atoms with Crippen molar-refractivity contribution >= 4 is 21.7 Å². The van der Waals surface area contributed by atoms with Crippen LogP contribution in [0.25, 0.3) is 0 Å². The van der Waals surface area contributed by atoms with Crippen molar-refractivity contribution in [2.75, 3.05) is 6.61 Å². The first-order valence-electron chi connectivity index (χ1n) is 6.18. The number of aromatic nitrogens is 3. The third-order valence-electron chi connectivity index (χ3n) is 2.96. The molecule has 0 fully saturated rings. The molecule has 0 saturated heterocycles. The number of nitro groups is 1. The molecule has 0 aromatic carbocycles. The van der Waals surface area contributed by atoms with Crippen LogP contribution in [0.15, 0.2) is 29.0 Å². The lowest BCUT2D eigenvalue weighted by Crippen LogP contribution is -2.32. The third kappa shape index (κ3) is 3.19. The van der Waals surface area contributed by atoms with Gasteiger partial charge >= 0.3 is 11.8 Å². The molecule has 1 aliphatic rings. The first-order valence-corrected chi connectivity index (χ1v) is 6.97. The van der Waals surface area contributed by atoms with Gasteiger partial charge in [0.2, 0.25) is 0 Å². The first-order chi connectivity index (χ1) is 10.1. The number of rotatable bonds is 4. The van der Waals surface area contributed by atoms with Crippen LogP contribution in [-0.4, -0.2) is 32.2 Å². The van der Waals surface area contributed by atoms with Gasteiger partial charge in [-0.1, -0.05) is 15.9 Å². The smallest absolute Gasteiger partial charge is 0.414 e. The quantitative estimate of drug-likeness (QED) is 0.615. The number of hydrogen-bond donors (Lipinski definition) is 0. The molecule has 0 spiro atoms. The molecule has 3 heterocycles. The molecule has 1 aliphatic heterocycles. The largest absolute Gasteiger partial charge is 0.443 e. The molecule has 0 bridgehead atoms. The van der Waals surface area contributed by atoms with Gasteiger partial charge in [-0.25, -0.2) is 0 Å². The second-order valence-corrected chi connectivity index (χ2v) is 5.42. The van der Waals surface area contributed by atoms with E-state index in [0.717, 1.165) is 10.2 Å². The van der Waals surface area contributed by atoms with Gasteiger partial charge in [-0.3, -0.25) is 9.55 Å². The first kappa shape index (κ1) is 14.0. The summed E-state index contributed by atoms with van der Waals surface area (Å²) in [4.78, 5) is 18.1. The minimum absolute atomic E-state index is 0.202. The summed E-state index contributed by atoms with van der Waals surface area (Å²) in [5, 5.41) is 10.7. The normalized spacial score (nSPS) is 17.1. The Hall–Kier alpha value is -2.00. The van der Waals surface area contributed by atoms with Gasteiger partial charge in [-0.15, -0.1) is 0 Å². The second kappa shape index (κ2) is 5.78. The zero-order valence-electron chi connectivity index (χ0n) is 10.8. The number of nitrogens with zero attached hydrogens (tertiary/aromatic N) is 4. The van der Waals surface area contributed by atoms with Crippen molar-refractivity contribution in [1.29, 1.82) is 0 Å². The SMILES string of the molecule is O=[N+]([O-])c1cn2c(n1)OC[C@@H](OCc1cc(Br)ccn1)C2. The topological polar surface area (TPSA) is 92.3 Å². The fourth-order valence-corrected chi connectivity index (χ4v) is 2.37. The number of hydrogen-bond acceptors (Lipinski definition) is 6. The fourth-order valence-electron chi connectivity index (χ4n) is 1.99. The average molecular weight is 355 g/mol. The fraction of sp³-hybridized carbons (Fsp3) is 0.333. The zero-order valence-corrected chi connectivity index (χ0v) is 12.4. The van der Waals surface area contributed by atoms with Crippen molar-refractivity contribution in [3.63, 3.8) is 0 Å². The highest BCUT2D eigenvalue weighted by molar-refractivity contribution is 9.10. The second-order valence-electron chi connectivity index (χ2n) is 4.50. The Morgan fingerprint density at radius 1 is 1.62 bits per heavy atom. The molecular formula is C12H11BrN4O4. The van der Waals surface area contributed by atoms with Gasteiger partial charge < -0.3 is 19.6 Å². The molecule has 110 valence electrons. The Kier molecular flexibility index (Phi) is 3.84. The van der Waals surface area contributed by atoms with Gasteiger partial charge in [-0.2, -0.15) is 0 Å². The maximum absolute atomic E-state index is 10.7. The molecule has 3 rings (SSSR count). The Morgan fingerprint density at radius 3 is 3.24 bits per heavy atom. The van der Waals surface area contributed by atoms with Gasteiger partial charge in [0.25, 0.3) is 0 Å². The molecule has 0 unspecified atom stereocenters. The van der Waals surface area contributed by atoms with Gasteiger partial charge in [0.15, 0.2) is 0 Å². The summed E-state index contributed by atoms with van der Waals surface area (Å²) in [5.41, 5.74) is 0.798. The van der Waals surface area contributed by atoms with Crippen molar-refractivity contribution in [3.8, 4) is 6.01 Å². The maximum Gasteiger partial charge on any atom is 0.414 e. The molecule has 9 heteroatoms. The summed E-state index contributed by atoms with van der Waals surface area (Å²) in [6.45, 7) is 1.12. The van der Waals surface area contributed by atoms with E-state index in [1.165, 1.54) is 6.20 Å². The van der Waals surface area contributed by atoms with Crippen LogP contribution in [0.4, 0.5) is 5.82 Å². The van der Waals surface area contributed by atoms with Crippen molar-refractivity contribution in [2.24, 2.45) is 0 Å². The molecule has 0 radical (unpaired) electrons. The standard InChI is InChI=1S/C12H11BrN4O4/c13-8-1-2-14-9(3-8)6-20-10-4-16-5-11(17(18)19)15-12(16)21-7-10/h1-3,5,10H,4,6-7H2/t10-/m0/s1. The van der Waals surface area contributed by atoms with E-state index in [-0.39, 0.29) is 17.9 Å². The molecule has 0 N–H and O–H groups in total. The Bertz CT molecular complexity index is 675. The van der Waals surface area contributed by atoms with Crippen LogP contribution in [-0.2, 0) is 17.9 Å². The molecule has 0 saturated carbocycles. The summed E-state index contributed by atoms with van der Waals surface area (Å²) in [7, 11) is 0. The Morgan fingerprint density at radius 2 is 2.48 bits per heavy atom. The van der Waals surface area contributed by atoms with Crippen LogP contribution >= 0.6 is 15.9 Å². The van der Waals surface area contributed by atoms with E-state index in [4.69, 9.17) is 9.47 Å². The van der Waals surface area contributed by atoms with Gasteiger partial charge in [0.05, 0.1) is 18.8 Å². The molecule has 21 heavy (non-hydrogen) atoms. The molecule has 1 atom stereocenters. The Labute approximate surface area is 128 Å². The molecule has 2 aromatic rings. The third-order valence-corrected chi connectivity index (χ3v) is 3.45. The number of pyridine rings is 1. The van der Waals surface area contributed by atoms with Crippen molar-refractivity contribution in [3.05, 3.63) is 44.8 Å². The maximum atomic E-state index is 10.7. The van der Waals surface area contributed by atoms with Gasteiger partial charge in [0, 0.05) is 15.7 Å². The van der Waals surface area contributed by atoms with Gasteiger partial charge in [0.1, 0.15) is 18.9 Å². The van der Waals surface area contributed by atoms with Crippen LogP contribution in [0.1, 0.15) is 5.69 Å². The number of ether oxygens (including phenoxy) is 2. The minimum Gasteiger partial charge on any atom is -0.443 e. The lowest BCUT2D eigenvalue weighted by molar-refractivity contribution is -0.389. The number of fused-ring (bicyclic) bond motifs is 1. The lowest BCUT2D eigenvalue weighted by Gasteiger charge is -2.22. The van der Waals surface area contributed by atoms with E-state index in [1.54, 1.807) is 10.8 Å². The predicted molar refractivity (Wildman–Crippen MR) is 74.9 cm³/mol. The summed E-state index contributed by atoms with van der Waals surface area (Å²) >= 11 is 3.37. The summed E-state index contributed by atoms with van der Waals surface area (Å²) in [6, 6.07) is 3.96. The highest BCUT2D eigenvalue weighted by Gasteiger charge is 2.28. The van der Waals surface area contributed by atoms with Crippen LogP contribution in [0.2, 0.25) is 0 Å². The molecule has 0 aliphatic carbocycles. The lowest BCUT2D eigenvalue weighted by atomic mass is 10.3. The predicted octanol–water partition coefficient (Wildman–Crippen LogP) is 1.93. The average Bonchev–Trinajstić information content (AvgIpc) is 2.88. The highest BCUT2D eigenvalue weighted by Crippen LogP contribution is 2.22. The van der Waals surface area contributed by atoms with Crippen molar-refractivity contribution in [1.82, 2.24) is 14.5 Å². The minimum atomic E-state index is -0.546. The van der Waals surface area contributed by atoms with Gasteiger partial charge in [-0.05, 0) is 17.1 Å². The van der Waals surface area contributed by atoms with Crippen LogP contribution in [0.5, 0.6) is 6.01 Å². The summed E-state index contributed by atoms with van der Waals surface area (Å²) in [6.07, 6.45) is 2.84. The highest BCUT2D eigenvalue weighted by atomic mass is 79.9. The van der Waals surface area contributed by atoms with Crippen LogP contribution < -0.4 is 4.74 Å². The van der Waals surface area contributed by atoms with Crippen LogP contribution in [0, 0.1) is 10.1 Å². The zero-order chi connectivity index (χ0) is 14.8. The van der Waals surface area contributed by atoms with Crippen molar-refractivity contribution < 1.29 is 14.4 Å². The Balaban J connectivity index is 1.62. The van der Waals surface area contributed by atoms with E-state index < -0.39 is 4.92 Å². The molecule has 8 nitrogen and oxygen atoms in total. The monoisotopic (exact) mass is 354 g/mol. The van der Waals surface area contributed by atoms with E-state index in [0.29, 0.717) is 19.8 Å². The number of imidazole rings is 1. The number of halogens is 1. The summed E-state index contributed by atoms with van der Waals surface area (Å²) in [5.74, 6) is -0.223. The van der Waals surface area contributed by atoms with E-state index in [1.807, 2.05) is 12.1 Å². The van der Waals surface area contributed by atoms with Crippen molar-refractivity contribution in [2.45, 2.75) is 19.3 Å². The van der Waals surface area contributed by atoms with E-state index >= 15 is 0 Å². The molecule has 2 aromatic heterocycles. The summed E-state index contributed by atoms with van der Waals surface area (Å²) < 4.78 is 13.6. The molecule has 0 amide bonds.